The standard InChI is InChI=1S/C9H18O4/c1-4-11-7-8(12-5-2)9(10)13-6-3/h8H,4-7H2,1-3H3. The molecular weight excluding hydrogens is 172 g/mol. The van der Waals surface area contributed by atoms with Crippen molar-refractivity contribution in [1.82, 2.24) is 0 Å². The van der Waals surface area contributed by atoms with E-state index in [1.807, 2.05) is 13.8 Å². The molecule has 0 radical (unpaired) electrons. The molecular formula is C9H18O4. The molecule has 0 rings (SSSR count). The van der Waals surface area contributed by atoms with E-state index in [0.717, 1.165) is 0 Å². The maximum atomic E-state index is 11.2. The number of carbonyl (C=O) groups is 1. The second-order valence-electron chi connectivity index (χ2n) is 2.36. The Labute approximate surface area is 79.2 Å². The second kappa shape index (κ2) is 8.01. The van der Waals surface area contributed by atoms with Crippen LogP contribution in [0.15, 0.2) is 0 Å². The van der Waals surface area contributed by atoms with Crippen molar-refractivity contribution in [3.05, 3.63) is 0 Å². The van der Waals surface area contributed by atoms with Crippen LogP contribution in [-0.2, 0) is 19.0 Å². The molecule has 0 saturated carbocycles. The minimum Gasteiger partial charge on any atom is -0.464 e. The summed E-state index contributed by atoms with van der Waals surface area (Å²) in [5, 5.41) is 0. The van der Waals surface area contributed by atoms with Gasteiger partial charge in [0.2, 0.25) is 0 Å². The van der Waals surface area contributed by atoms with Crippen LogP contribution < -0.4 is 0 Å². The van der Waals surface area contributed by atoms with Gasteiger partial charge in [-0.15, -0.1) is 0 Å². The number of hydrogen-bond donors (Lipinski definition) is 0. The van der Waals surface area contributed by atoms with Crippen LogP contribution in [-0.4, -0.2) is 38.5 Å². The van der Waals surface area contributed by atoms with E-state index in [9.17, 15) is 4.79 Å². The van der Waals surface area contributed by atoms with E-state index in [1.54, 1.807) is 6.92 Å². The Balaban J connectivity index is 3.83. The lowest BCUT2D eigenvalue weighted by molar-refractivity contribution is -0.160. The van der Waals surface area contributed by atoms with Gasteiger partial charge in [0.25, 0.3) is 0 Å². The predicted molar refractivity (Wildman–Crippen MR) is 48.5 cm³/mol. The molecule has 0 aliphatic heterocycles. The van der Waals surface area contributed by atoms with E-state index in [1.165, 1.54) is 0 Å². The molecule has 0 aromatic heterocycles. The molecule has 13 heavy (non-hydrogen) atoms. The predicted octanol–water partition coefficient (Wildman–Crippen LogP) is 0.991. The summed E-state index contributed by atoms with van der Waals surface area (Å²) < 4.78 is 15.1. The Kier molecular flexibility index (Phi) is 7.63. The third kappa shape index (κ3) is 5.60. The molecule has 0 aliphatic carbocycles. The van der Waals surface area contributed by atoms with Crippen molar-refractivity contribution in [2.24, 2.45) is 0 Å². The lowest BCUT2D eigenvalue weighted by Gasteiger charge is -2.14. The largest absolute Gasteiger partial charge is 0.464 e. The van der Waals surface area contributed by atoms with Gasteiger partial charge in [-0.3, -0.25) is 0 Å². The fourth-order valence-electron chi connectivity index (χ4n) is 0.845. The molecule has 0 aliphatic rings. The first kappa shape index (κ1) is 12.4. The van der Waals surface area contributed by atoms with Crippen molar-refractivity contribution in [2.75, 3.05) is 26.4 Å². The highest BCUT2D eigenvalue weighted by atomic mass is 16.6. The van der Waals surface area contributed by atoms with Crippen LogP contribution in [0.2, 0.25) is 0 Å². The maximum absolute atomic E-state index is 11.2. The SMILES string of the molecule is CCOCC(OCC)C(=O)OCC. The smallest absolute Gasteiger partial charge is 0.337 e. The molecule has 0 heterocycles. The molecule has 0 spiro atoms. The van der Waals surface area contributed by atoms with E-state index in [2.05, 4.69) is 0 Å². The number of rotatable bonds is 7. The van der Waals surface area contributed by atoms with Gasteiger partial charge < -0.3 is 14.2 Å². The molecule has 0 bridgehead atoms. The second-order valence-corrected chi connectivity index (χ2v) is 2.36. The van der Waals surface area contributed by atoms with Gasteiger partial charge in [0.1, 0.15) is 0 Å². The molecule has 0 N–H and O–H groups in total. The Morgan fingerprint density at radius 2 is 1.85 bits per heavy atom. The fraction of sp³-hybridized carbons (Fsp3) is 0.889. The summed E-state index contributed by atoms with van der Waals surface area (Å²) in [6.07, 6.45) is -0.579. The number of ether oxygens (including phenoxy) is 3. The van der Waals surface area contributed by atoms with E-state index in [-0.39, 0.29) is 12.6 Å². The topological polar surface area (TPSA) is 44.8 Å². The average molecular weight is 190 g/mol. The molecule has 1 atom stereocenters. The van der Waals surface area contributed by atoms with Crippen molar-refractivity contribution in [2.45, 2.75) is 26.9 Å². The molecule has 78 valence electrons. The minimum absolute atomic E-state index is 0.267. The van der Waals surface area contributed by atoms with Gasteiger partial charge >= 0.3 is 5.97 Å². The summed E-state index contributed by atoms with van der Waals surface area (Å²) in [6, 6.07) is 0. The summed E-state index contributed by atoms with van der Waals surface area (Å²) in [7, 11) is 0. The highest BCUT2D eigenvalue weighted by molar-refractivity contribution is 5.74. The molecule has 0 aromatic rings. The molecule has 4 nitrogen and oxygen atoms in total. The average Bonchev–Trinajstić information content (AvgIpc) is 2.12. The first-order valence-corrected chi connectivity index (χ1v) is 4.62. The summed E-state index contributed by atoms with van der Waals surface area (Å²) in [5.41, 5.74) is 0. The monoisotopic (exact) mass is 190 g/mol. The lowest BCUT2D eigenvalue weighted by atomic mass is 10.4. The summed E-state index contributed by atoms with van der Waals surface area (Å²) in [6.45, 7) is 7.16. The Bertz CT molecular complexity index is 136. The first-order chi connectivity index (χ1) is 6.26. The zero-order valence-corrected chi connectivity index (χ0v) is 8.54. The maximum Gasteiger partial charge on any atom is 0.337 e. The van der Waals surface area contributed by atoms with E-state index < -0.39 is 6.10 Å². The third-order valence-electron chi connectivity index (χ3n) is 1.39. The van der Waals surface area contributed by atoms with Crippen LogP contribution in [0, 0.1) is 0 Å². The zero-order chi connectivity index (χ0) is 10.1. The molecule has 1 unspecified atom stereocenters. The van der Waals surface area contributed by atoms with Crippen molar-refractivity contribution in [3.63, 3.8) is 0 Å². The van der Waals surface area contributed by atoms with Crippen LogP contribution in [0.4, 0.5) is 0 Å². The number of esters is 1. The van der Waals surface area contributed by atoms with Crippen molar-refractivity contribution < 1.29 is 19.0 Å². The Morgan fingerprint density at radius 1 is 1.15 bits per heavy atom. The fourth-order valence-corrected chi connectivity index (χ4v) is 0.845. The van der Waals surface area contributed by atoms with Crippen molar-refractivity contribution in [3.8, 4) is 0 Å². The summed E-state index contributed by atoms with van der Waals surface area (Å²) in [5.74, 6) is -0.349. The van der Waals surface area contributed by atoms with Gasteiger partial charge in [-0.05, 0) is 20.8 Å². The first-order valence-electron chi connectivity index (χ1n) is 4.62. The van der Waals surface area contributed by atoms with Gasteiger partial charge in [0.15, 0.2) is 6.10 Å². The van der Waals surface area contributed by atoms with E-state index in [4.69, 9.17) is 14.2 Å². The van der Waals surface area contributed by atoms with E-state index >= 15 is 0 Å². The van der Waals surface area contributed by atoms with Crippen LogP contribution in [0.5, 0.6) is 0 Å². The third-order valence-corrected chi connectivity index (χ3v) is 1.39. The van der Waals surface area contributed by atoms with Gasteiger partial charge in [-0.1, -0.05) is 0 Å². The van der Waals surface area contributed by atoms with Crippen LogP contribution >= 0.6 is 0 Å². The van der Waals surface area contributed by atoms with Crippen LogP contribution in [0.25, 0.3) is 0 Å². The normalized spacial score (nSPS) is 12.5. The molecule has 4 heteroatoms. The summed E-state index contributed by atoms with van der Waals surface area (Å²) in [4.78, 5) is 11.2. The molecule has 0 fully saturated rings. The molecule has 0 saturated heterocycles. The van der Waals surface area contributed by atoms with Crippen molar-refractivity contribution in [1.29, 1.82) is 0 Å². The molecule has 0 aromatic carbocycles. The highest BCUT2D eigenvalue weighted by Crippen LogP contribution is 1.97. The van der Waals surface area contributed by atoms with Gasteiger partial charge in [-0.25, -0.2) is 4.79 Å². The lowest BCUT2D eigenvalue weighted by Crippen LogP contribution is -2.31. The van der Waals surface area contributed by atoms with Crippen molar-refractivity contribution >= 4 is 5.97 Å². The molecule has 0 amide bonds. The van der Waals surface area contributed by atoms with Gasteiger partial charge in [0, 0.05) is 13.2 Å². The quantitative estimate of drug-likeness (QED) is 0.562. The van der Waals surface area contributed by atoms with Gasteiger partial charge in [-0.2, -0.15) is 0 Å². The summed E-state index contributed by atoms with van der Waals surface area (Å²) >= 11 is 0. The minimum atomic E-state index is -0.579. The van der Waals surface area contributed by atoms with Crippen LogP contribution in [0.3, 0.4) is 0 Å². The Hall–Kier alpha value is -0.610. The van der Waals surface area contributed by atoms with E-state index in [0.29, 0.717) is 19.8 Å². The Morgan fingerprint density at radius 3 is 2.31 bits per heavy atom. The highest BCUT2D eigenvalue weighted by Gasteiger charge is 2.19. The number of carbonyl (C=O) groups excluding carboxylic acids is 1. The zero-order valence-electron chi connectivity index (χ0n) is 8.54. The van der Waals surface area contributed by atoms with Gasteiger partial charge in [0.05, 0.1) is 13.2 Å². The number of hydrogen-bond acceptors (Lipinski definition) is 4. The van der Waals surface area contributed by atoms with Crippen LogP contribution in [0.1, 0.15) is 20.8 Å².